The maximum absolute atomic E-state index is 6.37. The summed E-state index contributed by atoms with van der Waals surface area (Å²) in [5.41, 5.74) is 14.7. The molecule has 0 fully saturated rings. The van der Waals surface area contributed by atoms with E-state index in [2.05, 4.69) is 51.1 Å². The maximum atomic E-state index is 6.37. The number of allylic oxidation sites excluding steroid dienone is 1. The number of furan rings is 1. The number of fused-ring (bicyclic) bond motifs is 6. The standard InChI is InChI=1S/C22H21NO.V/c1-12-11-16-19(13-7-4-5-9-15(13)22(16,2)3)21-18(12)14-8-6-10-17(23)20(14)24-21;/h4-10,12H,11,23H2,1-3H3;. The molecule has 1 unspecified atom stereocenters. The third kappa shape index (κ3) is 1.98. The van der Waals surface area contributed by atoms with Crippen LogP contribution in [0.15, 0.2) is 52.5 Å². The van der Waals surface area contributed by atoms with Gasteiger partial charge in [-0.15, -0.1) is 0 Å². The molecule has 2 aromatic carbocycles. The Morgan fingerprint density at radius 3 is 2.64 bits per heavy atom. The van der Waals surface area contributed by atoms with E-state index in [1.54, 1.807) is 0 Å². The van der Waals surface area contributed by atoms with Crippen molar-refractivity contribution in [3.8, 4) is 0 Å². The number of nitrogen functional groups attached to an aromatic ring is 1. The van der Waals surface area contributed by atoms with Crippen molar-refractivity contribution >= 4 is 22.2 Å². The molecule has 1 radical (unpaired) electrons. The van der Waals surface area contributed by atoms with Gasteiger partial charge < -0.3 is 10.2 Å². The van der Waals surface area contributed by atoms with E-state index < -0.39 is 0 Å². The second-order valence-electron chi connectivity index (χ2n) is 7.70. The number of anilines is 1. The predicted molar refractivity (Wildman–Crippen MR) is 99.1 cm³/mol. The van der Waals surface area contributed by atoms with Crippen molar-refractivity contribution < 1.29 is 23.0 Å². The monoisotopic (exact) mass is 366 g/mol. The fourth-order valence-corrected chi connectivity index (χ4v) is 4.74. The molecule has 2 N–H and O–H groups in total. The maximum Gasteiger partial charge on any atom is 0.157 e. The second kappa shape index (κ2) is 5.30. The fourth-order valence-electron chi connectivity index (χ4n) is 4.74. The van der Waals surface area contributed by atoms with Crippen LogP contribution in [-0.2, 0) is 24.0 Å². The molecule has 2 aliphatic rings. The van der Waals surface area contributed by atoms with Crippen molar-refractivity contribution in [2.45, 2.75) is 38.5 Å². The molecule has 1 heterocycles. The molecular formula is C22H21NOV. The summed E-state index contributed by atoms with van der Waals surface area (Å²) in [5.74, 6) is 1.48. The van der Waals surface area contributed by atoms with Crippen LogP contribution in [0.1, 0.15) is 55.6 Å². The molecule has 5 rings (SSSR count). The van der Waals surface area contributed by atoms with Gasteiger partial charge in [0.05, 0.1) is 5.69 Å². The summed E-state index contributed by atoms with van der Waals surface area (Å²) in [5, 5.41) is 1.17. The van der Waals surface area contributed by atoms with Crippen molar-refractivity contribution in [2.75, 3.05) is 5.73 Å². The van der Waals surface area contributed by atoms with Crippen molar-refractivity contribution in [2.24, 2.45) is 0 Å². The van der Waals surface area contributed by atoms with E-state index in [1.165, 1.54) is 33.2 Å². The van der Waals surface area contributed by atoms with E-state index in [-0.39, 0.29) is 24.0 Å². The van der Waals surface area contributed by atoms with E-state index in [4.69, 9.17) is 10.2 Å². The molecular weight excluding hydrogens is 345 g/mol. The van der Waals surface area contributed by atoms with Gasteiger partial charge in [0.2, 0.25) is 0 Å². The summed E-state index contributed by atoms with van der Waals surface area (Å²) >= 11 is 0. The van der Waals surface area contributed by atoms with Gasteiger partial charge in [0, 0.05) is 40.5 Å². The average molecular weight is 366 g/mol. The van der Waals surface area contributed by atoms with Crippen LogP contribution in [0.4, 0.5) is 5.69 Å². The molecule has 0 spiro atoms. The number of rotatable bonds is 0. The summed E-state index contributed by atoms with van der Waals surface area (Å²) in [7, 11) is 0. The zero-order valence-electron chi connectivity index (χ0n) is 14.8. The molecule has 25 heavy (non-hydrogen) atoms. The largest absolute Gasteiger partial charge is 0.454 e. The van der Waals surface area contributed by atoms with Crippen LogP contribution in [0.25, 0.3) is 16.5 Å². The fraction of sp³-hybridized carbons (Fsp3) is 0.273. The number of para-hydroxylation sites is 1. The average Bonchev–Trinajstić information content (AvgIpc) is 3.05. The Bertz CT molecular complexity index is 1040. The zero-order chi connectivity index (χ0) is 16.6. The summed E-state index contributed by atoms with van der Waals surface area (Å²) in [4.78, 5) is 0. The van der Waals surface area contributed by atoms with Gasteiger partial charge in [-0.25, -0.2) is 0 Å². The SMILES string of the molecule is CC1CC2=C(c3ccccc3C2(C)C)c2oc3c(N)cccc3c21.[V]. The summed E-state index contributed by atoms with van der Waals surface area (Å²) in [6.45, 7) is 6.98. The first kappa shape index (κ1) is 16.6. The first-order valence-corrected chi connectivity index (χ1v) is 8.65. The smallest absolute Gasteiger partial charge is 0.157 e. The van der Waals surface area contributed by atoms with E-state index >= 15 is 0 Å². The molecule has 2 aliphatic carbocycles. The van der Waals surface area contributed by atoms with E-state index in [0.29, 0.717) is 5.92 Å². The normalized spacial score (nSPS) is 20.0. The Labute approximate surface area is 160 Å². The number of hydrogen-bond donors (Lipinski definition) is 1. The first-order chi connectivity index (χ1) is 11.5. The molecule has 0 aliphatic heterocycles. The van der Waals surface area contributed by atoms with Crippen molar-refractivity contribution in [1.82, 2.24) is 0 Å². The van der Waals surface area contributed by atoms with Crippen LogP contribution in [0.2, 0.25) is 0 Å². The third-order valence-corrected chi connectivity index (χ3v) is 5.94. The minimum absolute atomic E-state index is 0. The molecule has 125 valence electrons. The predicted octanol–water partition coefficient (Wildman–Crippen LogP) is 5.61. The first-order valence-electron chi connectivity index (χ1n) is 8.65. The number of benzene rings is 2. The van der Waals surface area contributed by atoms with Gasteiger partial charge in [-0.1, -0.05) is 57.2 Å². The topological polar surface area (TPSA) is 39.2 Å². The van der Waals surface area contributed by atoms with Crippen LogP contribution in [-0.4, -0.2) is 0 Å². The Balaban J connectivity index is 0.00000157. The number of hydrogen-bond acceptors (Lipinski definition) is 2. The number of nitrogens with two attached hydrogens (primary N) is 1. The Morgan fingerprint density at radius 1 is 1.08 bits per heavy atom. The quantitative estimate of drug-likeness (QED) is 0.525. The van der Waals surface area contributed by atoms with Crippen molar-refractivity contribution in [3.05, 3.63) is 70.5 Å². The minimum Gasteiger partial charge on any atom is -0.454 e. The Hall–Kier alpha value is -1.90. The van der Waals surface area contributed by atoms with Crippen LogP contribution in [0.5, 0.6) is 0 Å². The molecule has 2 nitrogen and oxygen atoms in total. The van der Waals surface area contributed by atoms with Crippen LogP contribution in [0, 0.1) is 0 Å². The van der Waals surface area contributed by atoms with Crippen molar-refractivity contribution in [3.63, 3.8) is 0 Å². The van der Waals surface area contributed by atoms with Gasteiger partial charge >= 0.3 is 0 Å². The zero-order valence-corrected chi connectivity index (χ0v) is 16.2. The van der Waals surface area contributed by atoms with E-state index in [9.17, 15) is 0 Å². The summed E-state index contributed by atoms with van der Waals surface area (Å²) in [6.07, 6.45) is 1.08. The molecule has 0 saturated heterocycles. The summed E-state index contributed by atoms with van der Waals surface area (Å²) < 4.78 is 6.37. The van der Waals surface area contributed by atoms with Gasteiger partial charge in [-0.3, -0.25) is 0 Å². The Kier molecular flexibility index (Phi) is 3.51. The molecule has 3 aromatic rings. The van der Waals surface area contributed by atoms with Crippen molar-refractivity contribution in [1.29, 1.82) is 0 Å². The van der Waals surface area contributed by atoms with Gasteiger partial charge in [-0.05, 0) is 35.1 Å². The molecule has 0 saturated carbocycles. The van der Waals surface area contributed by atoms with E-state index in [0.717, 1.165) is 23.5 Å². The van der Waals surface area contributed by atoms with Gasteiger partial charge in [0.15, 0.2) is 5.58 Å². The second-order valence-corrected chi connectivity index (χ2v) is 7.70. The summed E-state index contributed by atoms with van der Waals surface area (Å²) in [6, 6.07) is 14.8. The molecule has 0 bridgehead atoms. The van der Waals surface area contributed by atoms with Crippen LogP contribution in [0.3, 0.4) is 0 Å². The van der Waals surface area contributed by atoms with Crippen LogP contribution < -0.4 is 5.73 Å². The third-order valence-electron chi connectivity index (χ3n) is 5.94. The molecule has 0 amide bonds. The van der Waals surface area contributed by atoms with Crippen LogP contribution >= 0.6 is 0 Å². The van der Waals surface area contributed by atoms with E-state index in [1.807, 2.05) is 12.1 Å². The molecule has 3 heteroatoms. The minimum atomic E-state index is 0. The molecule has 1 aromatic heterocycles. The van der Waals surface area contributed by atoms with Gasteiger partial charge in [0.25, 0.3) is 0 Å². The molecule has 1 atom stereocenters. The van der Waals surface area contributed by atoms with Gasteiger partial charge in [0.1, 0.15) is 5.76 Å². The van der Waals surface area contributed by atoms with Gasteiger partial charge in [-0.2, -0.15) is 0 Å². The Morgan fingerprint density at radius 2 is 1.84 bits per heavy atom.